The number of halogens is 1. The van der Waals surface area contributed by atoms with E-state index in [4.69, 9.17) is 11.0 Å². The van der Waals surface area contributed by atoms with Crippen molar-refractivity contribution >= 4 is 17.3 Å². The van der Waals surface area contributed by atoms with E-state index in [1.54, 1.807) is 18.2 Å². The van der Waals surface area contributed by atoms with Gasteiger partial charge in [-0.15, -0.1) is 0 Å². The van der Waals surface area contributed by atoms with E-state index >= 15 is 0 Å². The van der Waals surface area contributed by atoms with E-state index < -0.39 is 5.82 Å². The second-order valence-electron chi connectivity index (χ2n) is 4.56. The molecule has 0 atom stereocenters. The fraction of sp³-hybridized carbons (Fsp3) is 0.125. The SMILES string of the molecule is N#Cc1c(F)cccc1NC(=O)CCc1ccc(N)cc1. The summed E-state index contributed by atoms with van der Waals surface area (Å²) in [6, 6.07) is 13.1. The third-order valence-electron chi connectivity index (χ3n) is 3.02. The lowest BCUT2D eigenvalue weighted by Crippen LogP contribution is -2.13. The maximum atomic E-state index is 13.4. The number of rotatable bonds is 4. The van der Waals surface area contributed by atoms with Crippen molar-refractivity contribution in [3.05, 3.63) is 59.4 Å². The van der Waals surface area contributed by atoms with E-state index in [-0.39, 0.29) is 23.6 Å². The van der Waals surface area contributed by atoms with Crippen LogP contribution in [-0.4, -0.2) is 5.91 Å². The van der Waals surface area contributed by atoms with E-state index in [1.807, 2.05) is 12.1 Å². The predicted octanol–water partition coefficient (Wildman–Crippen LogP) is 2.85. The van der Waals surface area contributed by atoms with E-state index in [0.717, 1.165) is 5.56 Å². The molecule has 2 rings (SSSR count). The second-order valence-corrected chi connectivity index (χ2v) is 4.56. The molecule has 3 N–H and O–H groups in total. The predicted molar refractivity (Wildman–Crippen MR) is 78.9 cm³/mol. The Hall–Kier alpha value is -2.87. The van der Waals surface area contributed by atoms with Crippen molar-refractivity contribution in [3.8, 4) is 6.07 Å². The lowest BCUT2D eigenvalue weighted by atomic mass is 10.1. The Balaban J connectivity index is 1.98. The van der Waals surface area contributed by atoms with E-state index in [0.29, 0.717) is 12.1 Å². The molecule has 0 aromatic heterocycles. The zero-order valence-corrected chi connectivity index (χ0v) is 11.3. The Bertz CT molecular complexity index is 690. The Morgan fingerprint density at radius 2 is 1.95 bits per heavy atom. The van der Waals surface area contributed by atoms with Crippen LogP contribution < -0.4 is 11.1 Å². The van der Waals surface area contributed by atoms with Crippen molar-refractivity contribution in [2.24, 2.45) is 0 Å². The highest BCUT2D eigenvalue weighted by Gasteiger charge is 2.10. The summed E-state index contributed by atoms with van der Waals surface area (Å²) >= 11 is 0. The highest BCUT2D eigenvalue weighted by molar-refractivity contribution is 5.92. The van der Waals surface area contributed by atoms with E-state index in [2.05, 4.69) is 5.32 Å². The third-order valence-corrected chi connectivity index (χ3v) is 3.02. The zero-order chi connectivity index (χ0) is 15.2. The molecule has 1 amide bonds. The first-order valence-corrected chi connectivity index (χ1v) is 6.43. The molecule has 4 nitrogen and oxygen atoms in total. The van der Waals surface area contributed by atoms with Gasteiger partial charge in [-0.2, -0.15) is 5.26 Å². The number of amides is 1. The summed E-state index contributed by atoms with van der Waals surface area (Å²) in [4.78, 5) is 11.9. The number of hydrogen-bond acceptors (Lipinski definition) is 3. The van der Waals surface area contributed by atoms with Crippen LogP contribution in [0.4, 0.5) is 15.8 Å². The fourth-order valence-electron chi connectivity index (χ4n) is 1.90. The van der Waals surface area contributed by atoms with Crippen molar-refractivity contribution in [3.63, 3.8) is 0 Å². The summed E-state index contributed by atoms with van der Waals surface area (Å²) < 4.78 is 13.4. The molecule has 2 aromatic carbocycles. The molecule has 0 spiro atoms. The summed E-state index contributed by atoms with van der Waals surface area (Å²) in [5, 5.41) is 11.5. The van der Waals surface area contributed by atoms with Gasteiger partial charge in [0.1, 0.15) is 17.4 Å². The molecular weight excluding hydrogens is 269 g/mol. The van der Waals surface area contributed by atoms with Gasteiger partial charge in [-0.1, -0.05) is 18.2 Å². The molecule has 106 valence electrons. The van der Waals surface area contributed by atoms with Gasteiger partial charge in [0.2, 0.25) is 5.91 Å². The van der Waals surface area contributed by atoms with Crippen LogP contribution >= 0.6 is 0 Å². The van der Waals surface area contributed by atoms with Gasteiger partial charge in [0, 0.05) is 12.1 Å². The van der Waals surface area contributed by atoms with Gasteiger partial charge in [-0.25, -0.2) is 4.39 Å². The van der Waals surface area contributed by atoms with Crippen molar-refractivity contribution in [2.75, 3.05) is 11.1 Å². The van der Waals surface area contributed by atoms with Crippen molar-refractivity contribution < 1.29 is 9.18 Å². The standard InChI is InChI=1S/C16H14FN3O/c17-14-2-1-3-15(13(14)10-18)20-16(21)9-6-11-4-7-12(19)8-5-11/h1-5,7-8H,6,9,19H2,(H,20,21). The van der Waals surface area contributed by atoms with E-state index in [1.165, 1.54) is 18.2 Å². The topological polar surface area (TPSA) is 78.9 Å². The summed E-state index contributed by atoms with van der Waals surface area (Å²) in [5.41, 5.74) is 7.28. The average molecular weight is 283 g/mol. The molecule has 0 saturated carbocycles. The first-order chi connectivity index (χ1) is 10.1. The molecule has 0 heterocycles. The number of anilines is 2. The molecule has 0 fully saturated rings. The molecule has 0 aliphatic carbocycles. The van der Waals surface area contributed by atoms with Crippen LogP contribution in [0.2, 0.25) is 0 Å². The van der Waals surface area contributed by atoms with Crippen molar-refractivity contribution in [1.82, 2.24) is 0 Å². The van der Waals surface area contributed by atoms with Gasteiger partial charge < -0.3 is 11.1 Å². The van der Waals surface area contributed by atoms with Gasteiger partial charge in [0.15, 0.2) is 0 Å². The maximum absolute atomic E-state index is 13.4. The molecule has 0 unspecified atom stereocenters. The van der Waals surface area contributed by atoms with Crippen LogP contribution in [0.1, 0.15) is 17.5 Å². The van der Waals surface area contributed by atoms with Gasteiger partial charge >= 0.3 is 0 Å². The van der Waals surface area contributed by atoms with Crippen molar-refractivity contribution in [1.29, 1.82) is 5.26 Å². The largest absolute Gasteiger partial charge is 0.399 e. The molecule has 0 aliphatic heterocycles. The minimum absolute atomic E-state index is 0.154. The van der Waals surface area contributed by atoms with Gasteiger partial charge in [0.25, 0.3) is 0 Å². The monoisotopic (exact) mass is 283 g/mol. The summed E-state index contributed by atoms with van der Waals surface area (Å²) in [5.74, 6) is -0.914. The molecule has 5 heteroatoms. The van der Waals surface area contributed by atoms with Gasteiger partial charge in [-0.05, 0) is 36.2 Å². The average Bonchev–Trinajstić information content (AvgIpc) is 2.47. The zero-order valence-electron chi connectivity index (χ0n) is 11.3. The lowest BCUT2D eigenvalue weighted by Gasteiger charge is -2.07. The third kappa shape index (κ3) is 3.80. The van der Waals surface area contributed by atoms with Crippen molar-refractivity contribution in [2.45, 2.75) is 12.8 Å². The normalized spacial score (nSPS) is 9.90. The van der Waals surface area contributed by atoms with Gasteiger partial charge in [0.05, 0.1) is 5.69 Å². The van der Waals surface area contributed by atoms with Crippen LogP contribution in [0.15, 0.2) is 42.5 Å². The molecular formula is C16H14FN3O. The van der Waals surface area contributed by atoms with Crippen LogP contribution in [-0.2, 0) is 11.2 Å². The molecule has 0 radical (unpaired) electrons. The lowest BCUT2D eigenvalue weighted by molar-refractivity contribution is -0.116. The fourth-order valence-corrected chi connectivity index (χ4v) is 1.90. The second kappa shape index (κ2) is 6.53. The van der Waals surface area contributed by atoms with Gasteiger partial charge in [-0.3, -0.25) is 4.79 Å². The number of nitrogens with one attached hydrogen (secondary N) is 1. The van der Waals surface area contributed by atoms with Crippen LogP contribution in [0.5, 0.6) is 0 Å². The summed E-state index contributed by atoms with van der Waals surface area (Å²) in [7, 11) is 0. The number of nitrogens with zero attached hydrogens (tertiary/aromatic N) is 1. The first-order valence-electron chi connectivity index (χ1n) is 6.43. The van der Waals surface area contributed by atoms with E-state index in [9.17, 15) is 9.18 Å². The Kier molecular flexibility index (Phi) is 4.52. The molecule has 21 heavy (non-hydrogen) atoms. The molecule has 2 aromatic rings. The number of nitrogens with two attached hydrogens (primary N) is 1. The van der Waals surface area contributed by atoms with Crippen LogP contribution in [0.25, 0.3) is 0 Å². The minimum atomic E-state index is -0.645. The highest BCUT2D eigenvalue weighted by atomic mass is 19.1. The highest BCUT2D eigenvalue weighted by Crippen LogP contribution is 2.18. The minimum Gasteiger partial charge on any atom is -0.399 e. The number of nitriles is 1. The number of carbonyl (C=O) groups excluding carboxylic acids is 1. The molecule has 0 saturated heterocycles. The first kappa shape index (κ1) is 14.5. The Labute approximate surface area is 122 Å². The summed E-state index contributed by atoms with van der Waals surface area (Å²) in [6.07, 6.45) is 0.786. The maximum Gasteiger partial charge on any atom is 0.224 e. The number of benzene rings is 2. The Morgan fingerprint density at radius 3 is 2.62 bits per heavy atom. The number of hydrogen-bond donors (Lipinski definition) is 2. The molecule has 0 aliphatic rings. The molecule has 0 bridgehead atoms. The number of aryl methyl sites for hydroxylation is 1. The quantitative estimate of drug-likeness (QED) is 0.847. The summed E-state index contributed by atoms with van der Waals surface area (Å²) in [6.45, 7) is 0. The van der Waals surface area contributed by atoms with Crippen LogP contribution in [0, 0.1) is 17.1 Å². The smallest absolute Gasteiger partial charge is 0.224 e. The Morgan fingerprint density at radius 1 is 1.24 bits per heavy atom. The van der Waals surface area contributed by atoms with Crippen LogP contribution in [0.3, 0.4) is 0 Å². The number of nitrogen functional groups attached to an aromatic ring is 1. The number of carbonyl (C=O) groups is 1.